The van der Waals surface area contributed by atoms with Crippen LogP contribution in [0.25, 0.3) is 22.3 Å². The fraction of sp³-hybridized carbons (Fsp3) is 0.111. The molecule has 7 nitrogen and oxygen atoms in total. The lowest BCUT2D eigenvalue weighted by atomic mass is 10.2. The van der Waals surface area contributed by atoms with E-state index in [-0.39, 0.29) is 16.6 Å². The number of nitrogens with two attached hydrogens (primary N) is 1. The van der Waals surface area contributed by atoms with Gasteiger partial charge in [0.25, 0.3) is 5.56 Å². The predicted molar refractivity (Wildman–Crippen MR) is 102 cm³/mol. The smallest absolute Gasteiger partial charge is 0.258 e. The molecule has 0 amide bonds. The van der Waals surface area contributed by atoms with Crippen molar-refractivity contribution in [2.24, 2.45) is 0 Å². The second kappa shape index (κ2) is 6.84. The molecule has 2 aromatic carbocycles. The molecule has 4 aromatic rings. The lowest BCUT2D eigenvalue weighted by Crippen LogP contribution is -2.14. The number of hydrogen-bond donors (Lipinski definition) is 2. The summed E-state index contributed by atoms with van der Waals surface area (Å²) in [5.41, 5.74) is 0.956. The minimum Gasteiger partial charge on any atom is -0.335 e. The van der Waals surface area contributed by atoms with Crippen LogP contribution in [0.1, 0.15) is 18.0 Å². The zero-order valence-electron chi connectivity index (χ0n) is 14.3. The number of nitrogens with zero attached hydrogens (tertiary/aromatic N) is 4. The van der Waals surface area contributed by atoms with E-state index in [2.05, 4.69) is 20.2 Å². The summed E-state index contributed by atoms with van der Waals surface area (Å²) in [5.74, 6) is 6.57. The fourth-order valence-electron chi connectivity index (χ4n) is 2.69. The van der Waals surface area contributed by atoms with Crippen molar-refractivity contribution < 1.29 is 4.39 Å². The number of halogens is 1. The number of nitrogen functional groups attached to an aromatic ring is 1. The van der Waals surface area contributed by atoms with Crippen LogP contribution in [0.15, 0.2) is 58.5 Å². The number of para-hydroxylation sites is 1. The van der Waals surface area contributed by atoms with Gasteiger partial charge in [0.05, 0.1) is 16.2 Å². The highest BCUT2D eigenvalue weighted by Gasteiger charge is 2.18. The number of aromatic amines is 1. The summed E-state index contributed by atoms with van der Waals surface area (Å²) in [6.07, 6.45) is 0. The minimum absolute atomic E-state index is 0.197. The van der Waals surface area contributed by atoms with Crippen molar-refractivity contribution in [3.05, 3.63) is 70.5 Å². The average molecular weight is 382 g/mol. The van der Waals surface area contributed by atoms with Gasteiger partial charge in [-0.05, 0) is 31.2 Å². The van der Waals surface area contributed by atoms with Crippen molar-refractivity contribution in [1.82, 2.24) is 24.8 Å². The molecule has 0 fully saturated rings. The molecule has 0 aliphatic heterocycles. The van der Waals surface area contributed by atoms with Crippen molar-refractivity contribution in [2.75, 3.05) is 5.84 Å². The standard InChI is InChI=1S/C18H15FN6OS/c1-10(15-21-14-8-3-2-7-13(14)17(26)22-15)27-18-24-23-16(25(18)20)11-5-4-6-12(19)9-11/h2-10H,20H2,1H3,(H,21,22,26)/t10-/m1/s1. The molecule has 0 aliphatic carbocycles. The highest BCUT2D eigenvalue weighted by atomic mass is 32.2. The van der Waals surface area contributed by atoms with Crippen molar-refractivity contribution in [2.45, 2.75) is 17.3 Å². The second-order valence-corrected chi connectivity index (χ2v) is 7.22. The van der Waals surface area contributed by atoms with Crippen LogP contribution in [-0.4, -0.2) is 24.8 Å². The van der Waals surface area contributed by atoms with Crippen LogP contribution < -0.4 is 11.4 Å². The zero-order chi connectivity index (χ0) is 19.0. The van der Waals surface area contributed by atoms with Crippen LogP contribution >= 0.6 is 11.8 Å². The Balaban J connectivity index is 1.64. The Morgan fingerprint density at radius 3 is 2.81 bits per heavy atom. The van der Waals surface area contributed by atoms with Gasteiger partial charge >= 0.3 is 0 Å². The van der Waals surface area contributed by atoms with Gasteiger partial charge in [-0.2, -0.15) is 0 Å². The van der Waals surface area contributed by atoms with Gasteiger partial charge in [-0.1, -0.05) is 36.0 Å². The molecule has 2 heterocycles. The molecule has 9 heteroatoms. The van der Waals surface area contributed by atoms with Gasteiger partial charge in [0.1, 0.15) is 11.6 Å². The topological polar surface area (TPSA) is 102 Å². The molecule has 3 N–H and O–H groups in total. The Kier molecular flexibility index (Phi) is 4.36. The highest BCUT2D eigenvalue weighted by molar-refractivity contribution is 7.99. The monoisotopic (exact) mass is 382 g/mol. The molecule has 27 heavy (non-hydrogen) atoms. The molecule has 136 valence electrons. The van der Waals surface area contributed by atoms with Crippen molar-refractivity contribution >= 4 is 22.7 Å². The fourth-order valence-corrected chi connectivity index (χ4v) is 3.52. The van der Waals surface area contributed by atoms with Crippen molar-refractivity contribution in [3.63, 3.8) is 0 Å². The van der Waals surface area contributed by atoms with E-state index < -0.39 is 0 Å². The molecule has 0 saturated heterocycles. The van der Waals surface area contributed by atoms with Gasteiger partial charge in [-0.3, -0.25) is 4.79 Å². The largest absolute Gasteiger partial charge is 0.335 e. The Morgan fingerprint density at radius 1 is 1.19 bits per heavy atom. The first kappa shape index (κ1) is 17.2. The minimum atomic E-state index is -0.379. The van der Waals surface area contributed by atoms with Gasteiger partial charge in [-0.25, -0.2) is 14.1 Å². The maximum Gasteiger partial charge on any atom is 0.258 e. The quantitative estimate of drug-likeness (QED) is 0.416. The Labute approximate surface area is 157 Å². The van der Waals surface area contributed by atoms with Crippen LogP contribution in [0.5, 0.6) is 0 Å². The number of fused-ring (bicyclic) bond motifs is 1. The number of aromatic nitrogens is 5. The summed E-state index contributed by atoms with van der Waals surface area (Å²) in [6, 6.07) is 13.1. The molecule has 0 unspecified atom stereocenters. The zero-order valence-corrected chi connectivity index (χ0v) is 15.1. The second-order valence-electron chi connectivity index (χ2n) is 5.91. The van der Waals surface area contributed by atoms with Gasteiger partial charge in [-0.15, -0.1) is 10.2 Å². The van der Waals surface area contributed by atoms with E-state index in [0.29, 0.717) is 33.3 Å². The maximum atomic E-state index is 13.4. The summed E-state index contributed by atoms with van der Waals surface area (Å²) in [5, 5.41) is 8.87. The molecule has 0 bridgehead atoms. The van der Waals surface area contributed by atoms with Gasteiger partial charge < -0.3 is 10.8 Å². The highest BCUT2D eigenvalue weighted by Crippen LogP contribution is 2.32. The maximum absolute atomic E-state index is 13.4. The van der Waals surface area contributed by atoms with Gasteiger partial charge in [0.15, 0.2) is 5.82 Å². The third kappa shape index (κ3) is 3.28. The molecule has 4 rings (SSSR count). The summed E-state index contributed by atoms with van der Waals surface area (Å²) in [6.45, 7) is 1.88. The molecular weight excluding hydrogens is 367 g/mol. The van der Waals surface area contributed by atoms with Crippen molar-refractivity contribution in [1.29, 1.82) is 0 Å². The van der Waals surface area contributed by atoms with E-state index in [0.717, 1.165) is 0 Å². The summed E-state index contributed by atoms with van der Waals surface area (Å²) in [7, 11) is 0. The van der Waals surface area contributed by atoms with E-state index in [1.165, 1.54) is 28.6 Å². The summed E-state index contributed by atoms with van der Waals surface area (Å²) < 4.78 is 14.7. The predicted octanol–water partition coefficient (Wildman–Crippen LogP) is 2.89. The van der Waals surface area contributed by atoms with Gasteiger partial charge in [0.2, 0.25) is 5.16 Å². The first-order valence-corrected chi connectivity index (χ1v) is 9.03. The Hall–Kier alpha value is -3.20. The summed E-state index contributed by atoms with van der Waals surface area (Å²) in [4.78, 5) is 19.6. The molecule has 0 radical (unpaired) electrons. The Morgan fingerprint density at radius 2 is 2.00 bits per heavy atom. The van der Waals surface area contributed by atoms with Crippen LogP contribution in [-0.2, 0) is 0 Å². The first-order valence-electron chi connectivity index (χ1n) is 8.15. The van der Waals surface area contributed by atoms with Crippen LogP contribution in [0.3, 0.4) is 0 Å². The number of H-pyrrole nitrogens is 1. The van der Waals surface area contributed by atoms with E-state index >= 15 is 0 Å². The average Bonchev–Trinajstić information content (AvgIpc) is 3.02. The molecule has 1 atom stereocenters. The molecular formula is C18H15FN6OS. The third-order valence-electron chi connectivity index (χ3n) is 4.05. The Bertz CT molecular complexity index is 1190. The van der Waals surface area contributed by atoms with E-state index in [4.69, 9.17) is 5.84 Å². The lowest BCUT2D eigenvalue weighted by molar-refractivity contribution is 0.628. The van der Waals surface area contributed by atoms with Crippen LogP contribution in [0.4, 0.5) is 4.39 Å². The van der Waals surface area contributed by atoms with Crippen LogP contribution in [0, 0.1) is 5.82 Å². The van der Waals surface area contributed by atoms with Gasteiger partial charge in [0, 0.05) is 5.56 Å². The summed E-state index contributed by atoms with van der Waals surface area (Å²) >= 11 is 1.30. The lowest BCUT2D eigenvalue weighted by Gasteiger charge is -2.10. The molecule has 0 aliphatic rings. The molecule has 0 spiro atoms. The number of thioether (sulfide) groups is 1. The SMILES string of the molecule is C[C@@H](Sc1nnc(-c2cccc(F)c2)n1N)c1nc2ccccc2c(=O)[nH]1. The van der Waals surface area contributed by atoms with E-state index in [1.807, 2.05) is 13.0 Å². The number of rotatable bonds is 4. The van der Waals surface area contributed by atoms with E-state index in [9.17, 15) is 9.18 Å². The number of benzene rings is 2. The van der Waals surface area contributed by atoms with E-state index in [1.54, 1.807) is 30.3 Å². The number of hydrogen-bond acceptors (Lipinski definition) is 6. The first-order chi connectivity index (χ1) is 13.0. The van der Waals surface area contributed by atoms with Crippen molar-refractivity contribution in [3.8, 4) is 11.4 Å². The van der Waals surface area contributed by atoms with Crippen LogP contribution in [0.2, 0.25) is 0 Å². The molecule has 2 aromatic heterocycles. The molecule has 0 saturated carbocycles. The normalized spacial score (nSPS) is 12.4. The number of nitrogens with one attached hydrogen (secondary N) is 1. The third-order valence-corrected chi connectivity index (χ3v) is 5.11.